The summed E-state index contributed by atoms with van der Waals surface area (Å²) in [4.78, 5) is 2.28. The Bertz CT molecular complexity index is 385. The molecule has 2 rings (SSSR count). The van der Waals surface area contributed by atoms with Gasteiger partial charge in [-0.05, 0) is 61.3 Å². The molecule has 1 aromatic carbocycles. The summed E-state index contributed by atoms with van der Waals surface area (Å²) in [6.07, 6.45) is 5.28. The Kier molecular flexibility index (Phi) is 5.29. The van der Waals surface area contributed by atoms with Crippen molar-refractivity contribution >= 4 is 29.7 Å². The first-order valence-corrected chi connectivity index (χ1v) is 6.44. The van der Waals surface area contributed by atoms with Crippen LogP contribution in [0.5, 0.6) is 0 Å². The van der Waals surface area contributed by atoms with Gasteiger partial charge in [-0.1, -0.05) is 13.0 Å². The van der Waals surface area contributed by atoms with Gasteiger partial charge in [-0.25, -0.2) is 0 Å². The van der Waals surface area contributed by atoms with E-state index in [1.807, 2.05) is 0 Å². The molecule has 0 fully saturated rings. The van der Waals surface area contributed by atoms with E-state index in [1.165, 1.54) is 36.9 Å². The van der Waals surface area contributed by atoms with Crippen molar-refractivity contribution in [3.8, 4) is 0 Å². The van der Waals surface area contributed by atoms with Crippen molar-refractivity contribution in [2.24, 2.45) is 0 Å². The van der Waals surface area contributed by atoms with Gasteiger partial charge in [-0.15, -0.1) is 24.0 Å². The summed E-state index contributed by atoms with van der Waals surface area (Å²) in [6, 6.07) is 4.73. The third-order valence-electron chi connectivity index (χ3n) is 3.77. The molecule has 0 aromatic heterocycles. The number of hydrogen-bond donors (Lipinski definition) is 0. The fraction of sp³-hybridized carbons (Fsp3) is 0.600. The molecule has 0 aliphatic heterocycles. The van der Waals surface area contributed by atoms with Gasteiger partial charge in [-0.2, -0.15) is 0 Å². The second kappa shape index (κ2) is 6.07. The zero-order valence-corrected chi connectivity index (χ0v) is 13.7. The van der Waals surface area contributed by atoms with Crippen LogP contribution in [0.2, 0.25) is 0 Å². The summed E-state index contributed by atoms with van der Waals surface area (Å²) in [5.74, 6) is 0.779. The van der Waals surface area contributed by atoms with Crippen LogP contribution < -0.4 is 4.90 Å². The lowest BCUT2D eigenvalue weighted by atomic mass is 9.79. The highest BCUT2D eigenvalue weighted by Gasteiger charge is 2.22. The van der Waals surface area contributed by atoms with E-state index in [-0.39, 0.29) is 24.0 Å². The smallest absolute Gasteiger partial charge is 0.0401 e. The molecular formula is C15H24IN. The van der Waals surface area contributed by atoms with E-state index < -0.39 is 0 Å². The van der Waals surface area contributed by atoms with Gasteiger partial charge in [0.05, 0.1) is 0 Å². The molecule has 2 heteroatoms. The monoisotopic (exact) mass is 345 g/mol. The number of halogens is 1. The second-order valence-electron chi connectivity index (χ2n) is 5.25. The van der Waals surface area contributed by atoms with E-state index in [2.05, 4.69) is 45.0 Å². The maximum absolute atomic E-state index is 2.39. The number of anilines is 1. The van der Waals surface area contributed by atoms with Crippen molar-refractivity contribution in [3.05, 3.63) is 28.8 Å². The quantitative estimate of drug-likeness (QED) is 0.713. The Morgan fingerprint density at radius 2 is 2.00 bits per heavy atom. The average molecular weight is 345 g/mol. The number of benzene rings is 1. The molecule has 0 saturated heterocycles. The van der Waals surface area contributed by atoms with Crippen LogP contribution in [0.15, 0.2) is 12.1 Å². The molecule has 0 amide bonds. The van der Waals surface area contributed by atoms with Gasteiger partial charge in [0.15, 0.2) is 0 Å². The summed E-state index contributed by atoms with van der Waals surface area (Å²) in [5, 5.41) is 0. The Balaban J connectivity index is 0.00000144. The molecule has 17 heavy (non-hydrogen) atoms. The molecular weight excluding hydrogens is 321 g/mol. The highest BCUT2D eigenvalue weighted by Crippen LogP contribution is 2.40. The van der Waals surface area contributed by atoms with Crippen LogP contribution >= 0.6 is 24.0 Å². The van der Waals surface area contributed by atoms with Crippen LogP contribution in [0.4, 0.5) is 5.69 Å². The molecule has 0 bridgehead atoms. The molecule has 0 heterocycles. The predicted octanol–water partition coefficient (Wildman–Crippen LogP) is 4.51. The van der Waals surface area contributed by atoms with Crippen molar-refractivity contribution < 1.29 is 0 Å². The lowest BCUT2D eigenvalue weighted by Gasteiger charge is -2.30. The molecule has 1 atom stereocenters. The summed E-state index contributed by atoms with van der Waals surface area (Å²) in [5.41, 5.74) is 6.08. The van der Waals surface area contributed by atoms with Gasteiger partial charge in [0.1, 0.15) is 0 Å². The minimum absolute atomic E-state index is 0. The number of rotatable bonds is 2. The maximum Gasteiger partial charge on any atom is 0.0401 e. The van der Waals surface area contributed by atoms with Crippen molar-refractivity contribution in [1.82, 2.24) is 0 Å². The molecule has 1 unspecified atom stereocenters. The van der Waals surface area contributed by atoms with E-state index in [0.717, 1.165) is 5.92 Å². The van der Waals surface area contributed by atoms with Crippen LogP contribution in [-0.4, -0.2) is 14.1 Å². The zero-order chi connectivity index (χ0) is 11.7. The first-order valence-electron chi connectivity index (χ1n) is 6.44. The molecule has 0 N–H and O–H groups in total. The molecule has 1 nitrogen and oxygen atoms in total. The van der Waals surface area contributed by atoms with E-state index in [0.29, 0.717) is 0 Å². The molecule has 0 radical (unpaired) electrons. The zero-order valence-electron chi connectivity index (χ0n) is 11.4. The standard InChI is InChI=1S/C15H23N.HI/c1-5-12-7-6-8-13-9-11(2)10-14(15(12)13)16(3)4;/h9-10,12H,5-8H2,1-4H3;1H. The Morgan fingerprint density at radius 1 is 1.29 bits per heavy atom. The highest BCUT2D eigenvalue weighted by molar-refractivity contribution is 14.0. The van der Waals surface area contributed by atoms with E-state index in [4.69, 9.17) is 0 Å². The van der Waals surface area contributed by atoms with Crippen molar-refractivity contribution in [1.29, 1.82) is 0 Å². The number of hydrogen-bond acceptors (Lipinski definition) is 1. The maximum atomic E-state index is 2.39. The number of fused-ring (bicyclic) bond motifs is 1. The summed E-state index contributed by atoms with van der Waals surface area (Å²) >= 11 is 0. The second-order valence-corrected chi connectivity index (χ2v) is 5.25. The van der Waals surface area contributed by atoms with Crippen LogP contribution in [0.1, 0.15) is 48.8 Å². The Hall–Kier alpha value is -0.250. The van der Waals surface area contributed by atoms with Gasteiger partial charge in [-0.3, -0.25) is 0 Å². The van der Waals surface area contributed by atoms with Gasteiger partial charge in [0, 0.05) is 19.8 Å². The van der Waals surface area contributed by atoms with Crippen LogP contribution in [0, 0.1) is 6.92 Å². The molecule has 0 saturated carbocycles. The van der Waals surface area contributed by atoms with Crippen LogP contribution in [0.25, 0.3) is 0 Å². The first-order chi connectivity index (χ1) is 7.63. The molecule has 96 valence electrons. The first kappa shape index (κ1) is 14.8. The Labute approximate surface area is 123 Å². The summed E-state index contributed by atoms with van der Waals surface area (Å²) in [7, 11) is 4.33. The van der Waals surface area contributed by atoms with Crippen LogP contribution in [0.3, 0.4) is 0 Å². The molecule has 1 aliphatic rings. The minimum atomic E-state index is 0. The molecule has 1 aliphatic carbocycles. The minimum Gasteiger partial charge on any atom is -0.377 e. The van der Waals surface area contributed by atoms with Crippen LogP contribution in [-0.2, 0) is 6.42 Å². The molecule has 0 spiro atoms. The van der Waals surface area contributed by atoms with E-state index in [9.17, 15) is 0 Å². The SMILES string of the molecule is CCC1CCCc2cc(C)cc(N(C)C)c21.I. The van der Waals surface area contributed by atoms with Crippen molar-refractivity contribution in [2.45, 2.75) is 45.4 Å². The lowest BCUT2D eigenvalue weighted by molar-refractivity contribution is 0.539. The summed E-state index contributed by atoms with van der Waals surface area (Å²) in [6.45, 7) is 4.53. The van der Waals surface area contributed by atoms with Gasteiger partial charge >= 0.3 is 0 Å². The normalized spacial score (nSPS) is 18.2. The largest absolute Gasteiger partial charge is 0.377 e. The fourth-order valence-electron chi connectivity index (χ4n) is 2.99. The van der Waals surface area contributed by atoms with Gasteiger partial charge < -0.3 is 4.90 Å². The topological polar surface area (TPSA) is 3.24 Å². The third-order valence-corrected chi connectivity index (χ3v) is 3.77. The summed E-state index contributed by atoms with van der Waals surface area (Å²) < 4.78 is 0. The fourth-order valence-corrected chi connectivity index (χ4v) is 2.99. The number of aryl methyl sites for hydroxylation is 2. The molecule has 1 aromatic rings. The lowest BCUT2D eigenvalue weighted by Crippen LogP contribution is -2.18. The van der Waals surface area contributed by atoms with Crippen molar-refractivity contribution in [3.63, 3.8) is 0 Å². The highest BCUT2D eigenvalue weighted by atomic mass is 127. The average Bonchev–Trinajstić information content (AvgIpc) is 2.26. The van der Waals surface area contributed by atoms with Crippen molar-refractivity contribution in [2.75, 3.05) is 19.0 Å². The number of nitrogens with zero attached hydrogens (tertiary/aromatic N) is 1. The van der Waals surface area contributed by atoms with E-state index >= 15 is 0 Å². The van der Waals surface area contributed by atoms with Gasteiger partial charge in [0.25, 0.3) is 0 Å². The Morgan fingerprint density at radius 3 is 2.59 bits per heavy atom. The predicted molar refractivity (Wildman–Crippen MR) is 86.9 cm³/mol. The van der Waals surface area contributed by atoms with E-state index in [1.54, 1.807) is 11.1 Å². The third kappa shape index (κ3) is 2.95. The van der Waals surface area contributed by atoms with Gasteiger partial charge in [0.2, 0.25) is 0 Å².